The summed E-state index contributed by atoms with van der Waals surface area (Å²) in [5.74, 6) is -0.797. The van der Waals surface area contributed by atoms with Gasteiger partial charge in [0.1, 0.15) is 11.6 Å². The molecule has 1 aromatic heterocycles. The zero-order chi connectivity index (χ0) is 23.8. The Balaban J connectivity index is 1.62. The second kappa shape index (κ2) is 8.83. The van der Waals surface area contributed by atoms with E-state index in [0.717, 1.165) is 12.1 Å². The SMILES string of the molecule is O=c1[nH]n(Cc2ccc(F)cc2Cl)c2ccc(NS(=O)(=O)c3cccc(OC(F)F)c3)cc12. The standard InChI is InChI=1S/C21H15ClF3N3O4S/c22-18-8-13(23)5-4-12(18)11-28-19-7-6-14(9-17(19)20(29)26-28)27-33(30,31)16-3-1-2-15(10-16)32-21(24)25/h1-10,21,27H,11H2,(H,26,29). The van der Waals surface area contributed by atoms with E-state index in [1.54, 1.807) is 0 Å². The normalized spacial score (nSPS) is 11.8. The topological polar surface area (TPSA) is 93.2 Å². The molecule has 1 heterocycles. The number of aromatic amines is 1. The average Bonchev–Trinajstić information content (AvgIpc) is 3.04. The fourth-order valence-corrected chi connectivity index (χ4v) is 4.55. The lowest BCUT2D eigenvalue weighted by atomic mass is 10.2. The molecule has 0 saturated heterocycles. The summed E-state index contributed by atoms with van der Waals surface area (Å²) in [6.45, 7) is -2.95. The highest BCUT2D eigenvalue weighted by molar-refractivity contribution is 7.92. The summed E-state index contributed by atoms with van der Waals surface area (Å²) >= 11 is 6.06. The van der Waals surface area contributed by atoms with Gasteiger partial charge in [0.2, 0.25) is 0 Å². The maximum atomic E-state index is 13.3. The third kappa shape index (κ3) is 4.99. The summed E-state index contributed by atoms with van der Waals surface area (Å²) in [4.78, 5) is 12.1. The Labute approximate surface area is 190 Å². The Morgan fingerprint density at radius 1 is 1.09 bits per heavy atom. The third-order valence-electron chi connectivity index (χ3n) is 4.71. The Bertz CT molecular complexity index is 1500. The van der Waals surface area contributed by atoms with Gasteiger partial charge in [0.15, 0.2) is 0 Å². The summed E-state index contributed by atoms with van der Waals surface area (Å²) < 4.78 is 71.5. The maximum absolute atomic E-state index is 13.3. The zero-order valence-electron chi connectivity index (χ0n) is 16.6. The van der Waals surface area contributed by atoms with Crippen molar-refractivity contribution in [3.8, 4) is 5.75 Å². The molecule has 0 atom stereocenters. The van der Waals surface area contributed by atoms with E-state index in [0.29, 0.717) is 11.1 Å². The van der Waals surface area contributed by atoms with Crippen molar-refractivity contribution in [2.45, 2.75) is 18.1 Å². The number of H-pyrrole nitrogens is 1. The van der Waals surface area contributed by atoms with Crippen LogP contribution in [0.25, 0.3) is 10.9 Å². The largest absolute Gasteiger partial charge is 0.435 e. The van der Waals surface area contributed by atoms with E-state index in [1.165, 1.54) is 53.2 Å². The number of fused-ring (bicyclic) bond motifs is 1. The first-order valence-corrected chi connectivity index (χ1v) is 11.2. The van der Waals surface area contributed by atoms with Crippen molar-refractivity contribution in [2.24, 2.45) is 0 Å². The van der Waals surface area contributed by atoms with E-state index >= 15 is 0 Å². The molecule has 172 valence electrons. The molecule has 0 aliphatic rings. The lowest BCUT2D eigenvalue weighted by Gasteiger charge is -2.11. The van der Waals surface area contributed by atoms with Gasteiger partial charge < -0.3 is 4.74 Å². The van der Waals surface area contributed by atoms with Crippen molar-refractivity contribution in [2.75, 3.05) is 4.72 Å². The van der Waals surface area contributed by atoms with Gasteiger partial charge in [-0.2, -0.15) is 8.78 Å². The van der Waals surface area contributed by atoms with Crippen molar-refractivity contribution in [3.05, 3.63) is 87.4 Å². The monoisotopic (exact) mass is 497 g/mol. The molecule has 0 unspecified atom stereocenters. The minimum absolute atomic E-state index is 0.0887. The van der Waals surface area contributed by atoms with Crippen LogP contribution in [0.1, 0.15) is 5.56 Å². The molecule has 7 nitrogen and oxygen atoms in total. The van der Waals surface area contributed by atoms with Gasteiger partial charge in [-0.1, -0.05) is 23.7 Å². The molecule has 4 rings (SSSR count). The molecule has 0 aliphatic heterocycles. The van der Waals surface area contributed by atoms with E-state index in [1.807, 2.05) is 0 Å². The van der Waals surface area contributed by atoms with Crippen LogP contribution in [0.4, 0.5) is 18.9 Å². The number of hydrogen-bond donors (Lipinski definition) is 2. The van der Waals surface area contributed by atoms with E-state index in [4.69, 9.17) is 11.6 Å². The van der Waals surface area contributed by atoms with Crippen molar-refractivity contribution in [3.63, 3.8) is 0 Å². The number of ether oxygens (including phenoxy) is 1. The molecule has 0 radical (unpaired) electrons. The van der Waals surface area contributed by atoms with Gasteiger partial charge in [-0.15, -0.1) is 0 Å². The molecule has 0 saturated carbocycles. The van der Waals surface area contributed by atoms with Gasteiger partial charge in [0, 0.05) is 16.8 Å². The van der Waals surface area contributed by atoms with Crippen molar-refractivity contribution >= 4 is 38.2 Å². The number of alkyl halides is 2. The molecule has 33 heavy (non-hydrogen) atoms. The van der Waals surface area contributed by atoms with Crippen molar-refractivity contribution in [1.29, 1.82) is 0 Å². The Kier molecular flexibility index (Phi) is 6.09. The summed E-state index contributed by atoms with van der Waals surface area (Å²) in [6.07, 6.45) is 0. The number of hydrogen-bond acceptors (Lipinski definition) is 4. The van der Waals surface area contributed by atoms with Gasteiger partial charge >= 0.3 is 6.61 Å². The van der Waals surface area contributed by atoms with E-state index in [9.17, 15) is 26.4 Å². The van der Waals surface area contributed by atoms with Crippen LogP contribution in [0.15, 0.2) is 70.4 Å². The van der Waals surface area contributed by atoms with E-state index in [-0.39, 0.29) is 33.3 Å². The second-order valence-electron chi connectivity index (χ2n) is 6.95. The summed E-state index contributed by atoms with van der Waals surface area (Å²) in [5, 5.41) is 3.03. The first-order chi connectivity index (χ1) is 15.6. The lowest BCUT2D eigenvalue weighted by molar-refractivity contribution is -0.0499. The zero-order valence-corrected chi connectivity index (χ0v) is 18.1. The van der Waals surface area contributed by atoms with Crippen LogP contribution >= 0.6 is 11.6 Å². The predicted octanol–water partition coefficient (Wildman–Crippen LogP) is 4.57. The number of benzene rings is 3. The van der Waals surface area contributed by atoms with Gasteiger partial charge in [0.25, 0.3) is 15.6 Å². The summed E-state index contributed by atoms with van der Waals surface area (Å²) in [5.41, 5.74) is 0.653. The fraction of sp³-hybridized carbons (Fsp3) is 0.0952. The molecule has 0 bridgehead atoms. The van der Waals surface area contributed by atoms with Crippen LogP contribution < -0.4 is 15.0 Å². The fourth-order valence-electron chi connectivity index (χ4n) is 3.24. The number of anilines is 1. The highest BCUT2D eigenvalue weighted by Crippen LogP contribution is 2.24. The Hall–Kier alpha value is -3.44. The smallest absolute Gasteiger partial charge is 0.387 e. The molecular formula is C21H15ClF3N3O4S. The van der Waals surface area contributed by atoms with Gasteiger partial charge in [-0.3, -0.25) is 19.3 Å². The van der Waals surface area contributed by atoms with Crippen LogP contribution in [-0.2, 0) is 16.6 Å². The maximum Gasteiger partial charge on any atom is 0.387 e. The quantitative estimate of drug-likeness (QED) is 0.391. The number of aromatic nitrogens is 2. The van der Waals surface area contributed by atoms with Crippen LogP contribution in [0.2, 0.25) is 5.02 Å². The summed E-state index contributed by atoms with van der Waals surface area (Å²) in [7, 11) is -4.15. The highest BCUT2D eigenvalue weighted by atomic mass is 35.5. The highest BCUT2D eigenvalue weighted by Gasteiger charge is 2.17. The Morgan fingerprint density at radius 2 is 1.88 bits per heavy atom. The van der Waals surface area contributed by atoms with E-state index in [2.05, 4.69) is 14.6 Å². The average molecular weight is 498 g/mol. The first-order valence-electron chi connectivity index (χ1n) is 9.36. The minimum atomic E-state index is -4.15. The molecule has 0 spiro atoms. The number of nitrogens with one attached hydrogen (secondary N) is 2. The molecule has 0 amide bonds. The minimum Gasteiger partial charge on any atom is -0.435 e. The number of halogens is 4. The van der Waals surface area contributed by atoms with Gasteiger partial charge in [-0.05, 0) is 48.0 Å². The van der Waals surface area contributed by atoms with E-state index < -0.39 is 28.0 Å². The molecular weight excluding hydrogens is 483 g/mol. The van der Waals surface area contributed by atoms with Crippen LogP contribution in [0.5, 0.6) is 5.75 Å². The molecule has 12 heteroatoms. The number of sulfonamides is 1. The molecule has 0 fully saturated rings. The second-order valence-corrected chi connectivity index (χ2v) is 9.04. The predicted molar refractivity (Wildman–Crippen MR) is 117 cm³/mol. The number of rotatable bonds is 7. The molecule has 4 aromatic rings. The van der Waals surface area contributed by atoms with Gasteiger partial charge in [-0.25, -0.2) is 12.8 Å². The number of nitrogens with zero attached hydrogens (tertiary/aromatic N) is 1. The molecule has 2 N–H and O–H groups in total. The lowest BCUT2D eigenvalue weighted by Crippen LogP contribution is -2.13. The van der Waals surface area contributed by atoms with Crippen LogP contribution in [-0.4, -0.2) is 24.8 Å². The van der Waals surface area contributed by atoms with Crippen molar-refractivity contribution in [1.82, 2.24) is 9.78 Å². The molecule has 3 aromatic carbocycles. The molecule has 0 aliphatic carbocycles. The van der Waals surface area contributed by atoms with Crippen LogP contribution in [0.3, 0.4) is 0 Å². The first kappa shape index (κ1) is 22.7. The van der Waals surface area contributed by atoms with Crippen molar-refractivity contribution < 1.29 is 26.3 Å². The Morgan fingerprint density at radius 3 is 2.61 bits per heavy atom. The third-order valence-corrected chi connectivity index (χ3v) is 6.44. The van der Waals surface area contributed by atoms with Crippen LogP contribution in [0, 0.1) is 5.82 Å². The van der Waals surface area contributed by atoms with Gasteiger partial charge in [0.05, 0.1) is 22.3 Å². The summed E-state index contributed by atoms with van der Waals surface area (Å²) in [6, 6.07) is 12.9.